The fourth-order valence-electron chi connectivity index (χ4n) is 0.545. The molecule has 1 aromatic heterocycles. The Morgan fingerprint density at radius 1 is 1.64 bits per heavy atom. The van der Waals surface area contributed by atoms with Gasteiger partial charge < -0.3 is 0 Å². The number of nitrogens with one attached hydrogen (secondary N) is 1. The van der Waals surface area contributed by atoms with Crippen LogP contribution in [0.5, 0.6) is 0 Å². The van der Waals surface area contributed by atoms with Crippen LogP contribution in [0.15, 0.2) is 22.2 Å². The maximum Gasteiger partial charge on any atom is 0.340 e. The van der Waals surface area contributed by atoms with Gasteiger partial charge in [-0.15, -0.1) is 4.91 Å². The van der Waals surface area contributed by atoms with Crippen LogP contribution >= 0.6 is 0 Å². The van der Waals surface area contributed by atoms with Crippen LogP contribution in [-0.4, -0.2) is 16.1 Å². The Labute approximate surface area is 60.2 Å². The number of aromatic amines is 1. The summed E-state index contributed by atoms with van der Waals surface area (Å²) in [4.78, 5) is 30.9. The zero-order valence-electron chi connectivity index (χ0n) is 5.27. The number of rotatable bonds is 1. The molecule has 0 atom stereocenters. The highest BCUT2D eigenvalue weighted by molar-refractivity contribution is 5.92. The number of nitroso groups, excluding NO2 is 1. The van der Waals surface area contributed by atoms with Crippen LogP contribution in [-0.2, 0) is 0 Å². The van der Waals surface area contributed by atoms with Crippen LogP contribution in [0.3, 0.4) is 0 Å². The van der Waals surface area contributed by atoms with Crippen LogP contribution in [0.2, 0.25) is 0 Å². The minimum absolute atomic E-state index is 0.484. The van der Waals surface area contributed by atoms with Gasteiger partial charge in [-0.3, -0.25) is 14.7 Å². The minimum atomic E-state index is -1.16. The molecule has 1 aromatic rings. The number of aromatic nitrogens is 2. The van der Waals surface area contributed by atoms with E-state index in [9.17, 15) is 14.5 Å². The second-order valence-electron chi connectivity index (χ2n) is 1.68. The Balaban J connectivity index is 3.24. The molecule has 1 heterocycles. The van der Waals surface area contributed by atoms with Crippen molar-refractivity contribution in [1.82, 2.24) is 10.2 Å². The number of H-pyrrole nitrogens is 1. The van der Waals surface area contributed by atoms with Gasteiger partial charge in [0.05, 0.1) is 0 Å². The van der Waals surface area contributed by atoms with Crippen molar-refractivity contribution in [3.8, 4) is 0 Å². The second kappa shape index (κ2) is 2.82. The molecule has 0 saturated carbocycles. The fraction of sp³-hybridized carbons (Fsp3) is 0. The molecule has 1 amide bonds. The van der Waals surface area contributed by atoms with E-state index in [0.29, 0.717) is 0 Å². The van der Waals surface area contributed by atoms with Gasteiger partial charge in [-0.05, 0) is 0 Å². The number of hydrogen-bond acceptors (Lipinski definition) is 4. The van der Waals surface area contributed by atoms with E-state index >= 15 is 0 Å². The summed E-state index contributed by atoms with van der Waals surface area (Å²) in [6.45, 7) is 0. The van der Waals surface area contributed by atoms with Gasteiger partial charge in [-0.2, -0.15) is 5.10 Å². The van der Waals surface area contributed by atoms with Crippen LogP contribution in [0.1, 0.15) is 10.5 Å². The number of amides is 1. The Morgan fingerprint density at radius 3 is 2.91 bits per heavy atom. The third-order valence-electron chi connectivity index (χ3n) is 1.00. The van der Waals surface area contributed by atoms with Gasteiger partial charge >= 0.3 is 5.91 Å². The Bertz CT molecular complexity index is 343. The summed E-state index contributed by atoms with van der Waals surface area (Å²) in [5.41, 5.74) is -1.10. The predicted octanol–water partition coefficient (Wildman–Crippen LogP) is -0.324. The van der Waals surface area contributed by atoms with E-state index in [2.05, 4.69) is 10.2 Å². The molecule has 0 aromatic carbocycles. The van der Waals surface area contributed by atoms with Gasteiger partial charge in [0.25, 0.3) is 0 Å². The molecule has 11 heavy (non-hydrogen) atoms. The lowest BCUT2D eigenvalue weighted by atomic mass is 10.4. The smallest absolute Gasteiger partial charge is 0.287 e. The topological polar surface area (TPSA) is 92.2 Å². The molecule has 0 aliphatic carbocycles. The molecule has 6 heteroatoms. The quantitative estimate of drug-likeness (QED) is 0.559. The highest BCUT2D eigenvalue weighted by Gasteiger charge is 2.10. The van der Waals surface area contributed by atoms with Crippen molar-refractivity contribution < 1.29 is 4.79 Å². The molecule has 6 nitrogen and oxygen atoms in total. The van der Waals surface area contributed by atoms with Crippen molar-refractivity contribution in [3.63, 3.8) is 0 Å². The van der Waals surface area contributed by atoms with E-state index in [0.717, 1.165) is 6.07 Å². The monoisotopic (exact) mass is 153 g/mol. The molecule has 0 radical (unpaired) electrons. The normalized spacial score (nSPS) is 9.09. The zero-order chi connectivity index (χ0) is 8.27. The zero-order valence-corrected chi connectivity index (χ0v) is 5.27. The van der Waals surface area contributed by atoms with Crippen molar-refractivity contribution in [2.24, 2.45) is 5.18 Å². The van der Waals surface area contributed by atoms with Gasteiger partial charge in [0.2, 0.25) is 11.1 Å². The van der Waals surface area contributed by atoms with E-state index in [-0.39, 0.29) is 0 Å². The highest BCUT2D eigenvalue weighted by Crippen LogP contribution is 1.85. The molecule has 0 fully saturated rings. The number of nitrogens with zero attached hydrogens (tertiary/aromatic N) is 2. The van der Waals surface area contributed by atoms with Crippen molar-refractivity contribution >= 4 is 5.91 Å². The van der Waals surface area contributed by atoms with Gasteiger partial charge in [0.15, 0.2) is 0 Å². The molecule has 1 N–H and O–H groups in total. The maximum atomic E-state index is 10.7. The summed E-state index contributed by atoms with van der Waals surface area (Å²) in [5, 5.41) is 7.56. The van der Waals surface area contributed by atoms with Crippen LogP contribution in [0.4, 0.5) is 0 Å². The van der Waals surface area contributed by atoms with Gasteiger partial charge in [0.1, 0.15) is 0 Å². The van der Waals surface area contributed by atoms with E-state index < -0.39 is 17.0 Å². The summed E-state index contributed by atoms with van der Waals surface area (Å²) in [7, 11) is 0. The molecule has 0 bridgehead atoms. The predicted molar refractivity (Wildman–Crippen MR) is 35.0 cm³/mol. The third kappa shape index (κ3) is 1.34. The van der Waals surface area contributed by atoms with Crippen molar-refractivity contribution in [1.29, 1.82) is 0 Å². The lowest BCUT2D eigenvalue weighted by molar-refractivity contribution is 0.0994. The number of carbonyl (C=O) groups excluding carboxylic acids is 1. The molecule has 0 aliphatic heterocycles. The average molecular weight is 153 g/mol. The molecule has 1 rings (SSSR count). The minimum Gasteiger partial charge on any atom is -0.287 e. The van der Waals surface area contributed by atoms with Crippen LogP contribution in [0, 0.1) is 4.91 Å². The lowest BCUT2D eigenvalue weighted by Crippen LogP contribution is -2.15. The molecule has 0 aliphatic rings. The third-order valence-corrected chi connectivity index (χ3v) is 1.00. The van der Waals surface area contributed by atoms with Crippen molar-refractivity contribution in [2.75, 3.05) is 0 Å². The molecule has 0 spiro atoms. The summed E-state index contributed by atoms with van der Waals surface area (Å²) >= 11 is 0. The molecular formula is C5H3N3O3. The lowest BCUT2D eigenvalue weighted by Gasteiger charge is -1.86. The summed E-state index contributed by atoms with van der Waals surface area (Å²) in [6, 6.07) is 1.09. The summed E-state index contributed by atoms with van der Waals surface area (Å²) in [6.07, 6.45) is 1.25. The highest BCUT2D eigenvalue weighted by atomic mass is 16.3. The molecule has 0 unspecified atom stereocenters. The van der Waals surface area contributed by atoms with Crippen LogP contribution in [0.25, 0.3) is 0 Å². The first-order valence-corrected chi connectivity index (χ1v) is 2.67. The van der Waals surface area contributed by atoms with E-state index in [1.54, 1.807) is 0 Å². The number of hydrogen-bond donors (Lipinski definition) is 1. The second-order valence-corrected chi connectivity index (χ2v) is 1.68. The van der Waals surface area contributed by atoms with Crippen molar-refractivity contribution in [3.05, 3.63) is 33.1 Å². The largest absolute Gasteiger partial charge is 0.340 e. The summed E-state index contributed by atoms with van der Waals surface area (Å²) in [5.74, 6) is -1.16. The maximum absolute atomic E-state index is 10.7. The summed E-state index contributed by atoms with van der Waals surface area (Å²) < 4.78 is 0. The molecule has 56 valence electrons. The SMILES string of the molecule is O=NC(=O)c1n[nH]ccc1=O. The van der Waals surface area contributed by atoms with Gasteiger partial charge in [-0.1, -0.05) is 0 Å². The van der Waals surface area contributed by atoms with E-state index in [1.165, 1.54) is 6.20 Å². The molecular weight excluding hydrogens is 150 g/mol. The average Bonchev–Trinajstić information content (AvgIpc) is 2.04. The Morgan fingerprint density at radius 2 is 2.36 bits per heavy atom. The standard InChI is InChI=1S/C5H3N3O3/c9-3-1-2-6-7-4(3)5(10)8-11/h1-2H,(H,6,9). The molecule has 0 saturated heterocycles. The van der Waals surface area contributed by atoms with Crippen LogP contribution < -0.4 is 5.43 Å². The number of carbonyl (C=O) groups is 1. The Kier molecular flexibility index (Phi) is 1.86. The van der Waals surface area contributed by atoms with Crippen molar-refractivity contribution in [2.45, 2.75) is 0 Å². The fourth-order valence-corrected chi connectivity index (χ4v) is 0.545. The van der Waals surface area contributed by atoms with Gasteiger partial charge in [-0.25, -0.2) is 0 Å². The Hall–Kier alpha value is -1.85. The van der Waals surface area contributed by atoms with Gasteiger partial charge in [0, 0.05) is 17.4 Å². The first kappa shape index (κ1) is 7.26. The first-order valence-electron chi connectivity index (χ1n) is 2.67. The van der Waals surface area contributed by atoms with E-state index in [1.807, 2.05) is 5.18 Å². The van der Waals surface area contributed by atoms with E-state index in [4.69, 9.17) is 0 Å². The first-order chi connectivity index (χ1) is 5.25.